The molecule has 7 nitrogen and oxygen atoms in total. The number of rotatable bonds is 7. The molecule has 0 spiro atoms. The molecule has 2 rings (SSSR count). The molecule has 22 heavy (non-hydrogen) atoms. The average molecular weight is 330 g/mol. The SMILES string of the molecule is CCCCCN[C@H]1C(=O)N2C=C(COC(C)=O)CS(=O)(=O)[C@@H]12. The van der Waals surface area contributed by atoms with Gasteiger partial charge in [-0.05, 0) is 18.5 Å². The van der Waals surface area contributed by atoms with Gasteiger partial charge in [0.15, 0.2) is 15.2 Å². The first-order chi connectivity index (χ1) is 10.4. The quantitative estimate of drug-likeness (QED) is 0.407. The maximum absolute atomic E-state index is 12.3. The van der Waals surface area contributed by atoms with Crippen LogP contribution in [0.4, 0.5) is 0 Å². The summed E-state index contributed by atoms with van der Waals surface area (Å²) in [6.45, 7) is 3.87. The lowest BCUT2D eigenvalue weighted by Crippen LogP contribution is -2.72. The highest BCUT2D eigenvalue weighted by Gasteiger charge is 2.55. The van der Waals surface area contributed by atoms with Gasteiger partial charge in [0, 0.05) is 13.1 Å². The minimum atomic E-state index is -3.46. The zero-order valence-corrected chi connectivity index (χ0v) is 13.7. The van der Waals surface area contributed by atoms with Crippen LogP contribution < -0.4 is 5.32 Å². The third kappa shape index (κ3) is 3.49. The molecule has 0 radical (unpaired) electrons. The van der Waals surface area contributed by atoms with Crippen molar-refractivity contribution in [2.75, 3.05) is 18.9 Å². The lowest BCUT2D eigenvalue weighted by Gasteiger charge is -2.47. The first-order valence-corrected chi connectivity index (χ1v) is 9.18. The highest BCUT2D eigenvalue weighted by molar-refractivity contribution is 7.92. The smallest absolute Gasteiger partial charge is 0.302 e. The van der Waals surface area contributed by atoms with Gasteiger partial charge in [-0.1, -0.05) is 19.8 Å². The number of sulfone groups is 1. The van der Waals surface area contributed by atoms with E-state index in [1.165, 1.54) is 18.0 Å². The molecule has 0 unspecified atom stereocenters. The molecule has 1 N–H and O–H groups in total. The van der Waals surface area contributed by atoms with Crippen molar-refractivity contribution in [3.63, 3.8) is 0 Å². The number of nitrogens with one attached hydrogen (secondary N) is 1. The fraction of sp³-hybridized carbons (Fsp3) is 0.714. The van der Waals surface area contributed by atoms with E-state index < -0.39 is 27.2 Å². The molecule has 2 aliphatic heterocycles. The number of amides is 1. The highest BCUT2D eigenvalue weighted by Crippen LogP contribution is 2.32. The minimum Gasteiger partial charge on any atom is -0.461 e. The lowest BCUT2D eigenvalue weighted by atomic mass is 10.1. The third-order valence-electron chi connectivity index (χ3n) is 3.76. The van der Waals surface area contributed by atoms with Crippen molar-refractivity contribution < 1.29 is 22.7 Å². The Kier molecular flexibility index (Phi) is 5.23. The molecule has 2 aliphatic rings. The van der Waals surface area contributed by atoms with Crippen molar-refractivity contribution in [1.82, 2.24) is 10.2 Å². The van der Waals surface area contributed by atoms with Crippen LogP contribution in [-0.2, 0) is 24.2 Å². The molecule has 1 amide bonds. The Morgan fingerprint density at radius 1 is 1.45 bits per heavy atom. The largest absolute Gasteiger partial charge is 0.461 e. The average Bonchev–Trinajstić information content (AvgIpc) is 2.44. The second-order valence-corrected chi connectivity index (χ2v) is 7.75. The molecule has 8 heteroatoms. The highest BCUT2D eigenvalue weighted by atomic mass is 32.2. The number of carbonyl (C=O) groups excluding carboxylic acids is 2. The Bertz CT molecular complexity index is 584. The molecular formula is C14H22N2O5S. The van der Waals surface area contributed by atoms with Crippen LogP contribution in [0.15, 0.2) is 11.8 Å². The molecule has 1 fully saturated rings. The number of esters is 1. The Morgan fingerprint density at radius 2 is 2.18 bits per heavy atom. The summed E-state index contributed by atoms with van der Waals surface area (Å²) in [5, 5.41) is 2.21. The van der Waals surface area contributed by atoms with Gasteiger partial charge in [0.05, 0.1) is 5.75 Å². The van der Waals surface area contributed by atoms with E-state index in [1.807, 2.05) is 0 Å². The van der Waals surface area contributed by atoms with Crippen LogP contribution in [0.25, 0.3) is 0 Å². The zero-order chi connectivity index (χ0) is 16.3. The maximum atomic E-state index is 12.3. The number of β-lactam (4-membered cyclic amide) rings is 1. The van der Waals surface area contributed by atoms with Crippen LogP contribution in [0, 0.1) is 0 Å². The molecule has 0 saturated carbocycles. The van der Waals surface area contributed by atoms with E-state index >= 15 is 0 Å². The van der Waals surface area contributed by atoms with Gasteiger partial charge < -0.3 is 10.1 Å². The first kappa shape index (κ1) is 17.0. The molecule has 2 heterocycles. The monoisotopic (exact) mass is 330 g/mol. The summed E-state index contributed by atoms with van der Waals surface area (Å²) in [4.78, 5) is 24.1. The van der Waals surface area contributed by atoms with E-state index in [0.717, 1.165) is 19.3 Å². The van der Waals surface area contributed by atoms with Crippen molar-refractivity contribution in [2.45, 2.75) is 44.5 Å². The molecule has 0 aromatic rings. The fourth-order valence-corrected chi connectivity index (χ4v) is 4.66. The topological polar surface area (TPSA) is 92.8 Å². The summed E-state index contributed by atoms with van der Waals surface area (Å²) >= 11 is 0. The molecule has 2 atom stereocenters. The van der Waals surface area contributed by atoms with E-state index in [9.17, 15) is 18.0 Å². The predicted molar refractivity (Wildman–Crippen MR) is 80.5 cm³/mol. The Morgan fingerprint density at radius 3 is 2.82 bits per heavy atom. The number of carbonyl (C=O) groups is 2. The Hall–Kier alpha value is -1.41. The zero-order valence-electron chi connectivity index (χ0n) is 12.9. The van der Waals surface area contributed by atoms with Gasteiger partial charge in [0.1, 0.15) is 12.6 Å². The number of ether oxygens (including phenoxy) is 1. The van der Waals surface area contributed by atoms with E-state index in [0.29, 0.717) is 12.1 Å². The number of fused-ring (bicyclic) bond motifs is 1. The van der Waals surface area contributed by atoms with Crippen molar-refractivity contribution in [3.05, 3.63) is 11.8 Å². The van der Waals surface area contributed by atoms with E-state index in [2.05, 4.69) is 12.2 Å². The molecule has 0 bridgehead atoms. The third-order valence-corrected chi connectivity index (χ3v) is 5.77. The van der Waals surface area contributed by atoms with Crippen LogP contribution >= 0.6 is 0 Å². The molecule has 124 valence electrons. The van der Waals surface area contributed by atoms with Crippen LogP contribution in [-0.4, -0.2) is 55.5 Å². The molecule has 0 aromatic heterocycles. The molecular weight excluding hydrogens is 308 g/mol. The van der Waals surface area contributed by atoms with Crippen molar-refractivity contribution in [1.29, 1.82) is 0 Å². The Balaban J connectivity index is 2.01. The van der Waals surface area contributed by atoms with Crippen molar-refractivity contribution in [2.24, 2.45) is 0 Å². The van der Waals surface area contributed by atoms with Gasteiger partial charge in [0.25, 0.3) is 0 Å². The summed E-state index contributed by atoms with van der Waals surface area (Å²) in [7, 11) is -3.46. The maximum Gasteiger partial charge on any atom is 0.302 e. The van der Waals surface area contributed by atoms with Gasteiger partial charge in [-0.15, -0.1) is 0 Å². The number of unbranched alkanes of at least 4 members (excludes halogenated alkanes) is 2. The fourth-order valence-electron chi connectivity index (χ4n) is 2.68. The van der Waals surface area contributed by atoms with Gasteiger partial charge in [-0.3, -0.25) is 14.5 Å². The molecule has 0 aliphatic carbocycles. The summed E-state index contributed by atoms with van der Waals surface area (Å²) in [5.41, 5.74) is 0.421. The summed E-state index contributed by atoms with van der Waals surface area (Å²) < 4.78 is 29.5. The van der Waals surface area contributed by atoms with E-state index in [1.54, 1.807) is 0 Å². The molecule has 0 aromatic carbocycles. The number of hydrogen-bond donors (Lipinski definition) is 1. The molecule has 1 saturated heterocycles. The standard InChI is InChI=1S/C14H22N2O5S/c1-3-4-5-6-15-12-13(18)16-7-11(8-21-10(2)17)9-22(19,20)14(12)16/h7,12,14-15H,3-6,8-9H2,1-2H3/t12-,14-/m0/s1. The van der Waals surface area contributed by atoms with Crippen LogP contribution in [0.3, 0.4) is 0 Å². The lowest BCUT2D eigenvalue weighted by molar-refractivity contribution is -0.142. The second kappa shape index (κ2) is 6.78. The normalized spacial score (nSPS) is 26.0. The van der Waals surface area contributed by atoms with Gasteiger partial charge in [-0.25, -0.2) is 8.42 Å². The van der Waals surface area contributed by atoms with Crippen molar-refractivity contribution >= 4 is 21.7 Å². The van der Waals surface area contributed by atoms with E-state index in [-0.39, 0.29) is 18.3 Å². The van der Waals surface area contributed by atoms with Crippen LogP contribution in [0.2, 0.25) is 0 Å². The van der Waals surface area contributed by atoms with Gasteiger partial charge in [0.2, 0.25) is 5.91 Å². The van der Waals surface area contributed by atoms with Crippen molar-refractivity contribution in [3.8, 4) is 0 Å². The van der Waals surface area contributed by atoms with Crippen LogP contribution in [0.1, 0.15) is 33.1 Å². The second-order valence-electron chi connectivity index (χ2n) is 5.65. The van der Waals surface area contributed by atoms with Gasteiger partial charge >= 0.3 is 5.97 Å². The Labute approximate surface area is 130 Å². The first-order valence-electron chi connectivity index (χ1n) is 7.47. The predicted octanol–water partition coefficient (Wildman–Crippen LogP) is 0.179. The van der Waals surface area contributed by atoms with E-state index in [4.69, 9.17) is 4.74 Å². The minimum absolute atomic E-state index is 0.0976. The number of hydrogen-bond acceptors (Lipinski definition) is 6. The number of nitrogens with zero attached hydrogens (tertiary/aromatic N) is 1. The van der Waals surface area contributed by atoms with Gasteiger partial charge in [-0.2, -0.15) is 0 Å². The summed E-state index contributed by atoms with van der Waals surface area (Å²) in [5.74, 6) is -0.905. The summed E-state index contributed by atoms with van der Waals surface area (Å²) in [6.07, 6.45) is 4.53. The van der Waals surface area contributed by atoms with Crippen LogP contribution in [0.5, 0.6) is 0 Å². The summed E-state index contributed by atoms with van der Waals surface area (Å²) in [6, 6.07) is -0.659.